The van der Waals surface area contributed by atoms with Gasteiger partial charge in [-0.25, -0.2) is 4.39 Å². The number of fused-ring (bicyclic) bond motifs is 3. The van der Waals surface area contributed by atoms with Gasteiger partial charge in [0.15, 0.2) is 0 Å². The third-order valence-corrected chi connectivity index (χ3v) is 6.96. The van der Waals surface area contributed by atoms with Gasteiger partial charge in [-0.1, -0.05) is 55.7 Å². The van der Waals surface area contributed by atoms with E-state index in [2.05, 4.69) is 37.0 Å². The average Bonchev–Trinajstić information content (AvgIpc) is 2.72. The number of halogens is 2. The first-order valence-electron chi connectivity index (χ1n) is 10.7. The zero-order chi connectivity index (χ0) is 19.5. The molecule has 3 unspecified atom stereocenters. The molecule has 28 heavy (non-hydrogen) atoms. The molecule has 0 saturated heterocycles. The molecule has 0 spiro atoms. The molecule has 1 saturated carbocycles. The van der Waals surface area contributed by atoms with E-state index in [1.165, 1.54) is 63.0 Å². The molecule has 0 aliphatic heterocycles. The standard InChI is InChI=1S/C26H28ClF/c1-2-3-4-18-7-12-23-21(15-18)10-11-22-16-19(8-13-24(22)23)5-6-20-9-14-25(27)26(28)17-20/h8-9,13-14,16-18,21,23H,2-4,7,10-12,15H2,1H3. The van der Waals surface area contributed by atoms with Crippen molar-refractivity contribution >= 4 is 11.6 Å². The van der Waals surface area contributed by atoms with Crippen LogP contribution in [0.5, 0.6) is 0 Å². The number of unbranched alkanes of at least 4 members (excludes halogenated alkanes) is 1. The molecule has 0 nitrogen and oxygen atoms in total. The number of hydrogen-bond acceptors (Lipinski definition) is 0. The van der Waals surface area contributed by atoms with Gasteiger partial charge in [0.2, 0.25) is 0 Å². The van der Waals surface area contributed by atoms with Crippen LogP contribution in [0.2, 0.25) is 5.02 Å². The molecule has 2 aliphatic rings. The van der Waals surface area contributed by atoms with Crippen molar-refractivity contribution in [2.45, 2.75) is 64.2 Å². The van der Waals surface area contributed by atoms with Crippen LogP contribution in [0.15, 0.2) is 36.4 Å². The summed E-state index contributed by atoms with van der Waals surface area (Å²) in [6, 6.07) is 11.4. The molecular weight excluding hydrogens is 367 g/mol. The summed E-state index contributed by atoms with van der Waals surface area (Å²) < 4.78 is 13.6. The van der Waals surface area contributed by atoms with E-state index in [4.69, 9.17) is 11.6 Å². The van der Waals surface area contributed by atoms with E-state index in [1.54, 1.807) is 17.7 Å². The summed E-state index contributed by atoms with van der Waals surface area (Å²) in [7, 11) is 0. The van der Waals surface area contributed by atoms with Gasteiger partial charge in [0, 0.05) is 11.1 Å². The topological polar surface area (TPSA) is 0 Å². The molecule has 0 N–H and O–H groups in total. The van der Waals surface area contributed by atoms with Gasteiger partial charge >= 0.3 is 0 Å². The largest absolute Gasteiger partial charge is 0.205 e. The summed E-state index contributed by atoms with van der Waals surface area (Å²) in [6.45, 7) is 2.30. The fraction of sp³-hybridized carbons (Fsp3) is 0.462. The van der Waals surface area contributed by atoms with Crippen LogP contribution in [0.4, 0.5) is 4.39 Å². The summed E-state index contributed by atoms with van der Waals surface area (Å²) in [5.74, 6) is 8.42. The van der Waals surface area contributed by atoms with Gasteiger partial charge in [-0.2, -0.15) is 0 Å². The molecule has 0 bridgehead atoms. The van der Waals surface area contributed by atoms with E-state index in [9.17, 15) is 4.39 Å². The van der Waals surface area contributed by atoms with Gasteiger partial charge in [0.1, 0.15) is 5.82 Å². The highest BCUT2D eigenvalue weighted by Gasteiger charge is 2.34. The SMILES string of the molecule is CCCCC1CCC2c3ccc(C#Cc4ccc(Cl)c(F)c4)cc3CCC2C1. The van der Waals surface area contributed by atoms with Crippen LogP contribution in [0.1, 0.15) is 80.0 Å². The van der Waals surface area contributed by atoms with Crippen molar-refractivity contribution in [1.82, 2.24) is 0 Å². The monoisotopic (exact) mass is 394 g/mol. The number of benzene rings is 2. The van der Waals surface area contributed by atoms with Crippen molar-refractivity contribution in [2.24, 2.45) is 11.8 Å². The van der Waals surface area contributed by atoms with E-state index in [0.717, 1.165) is 23.3 Å². The van der Waals surface area contributed by atoms with E-state index in [-0.39, 0.29) is 5.02 Å². The Labute approximate surface area is 173 Å². The van der Waals surface area contributed by atoms with Crippen LogP contribution in [-0.4, -0.2) is 0 Å². The molecule has 2 aromatic carbocycles. The molecule has 0 amide bonds. The third-order valence-electron chi connectivity index (χ3n) is 6.65. The van der Waals surface area contributed by atoms with Crippen LogP contribution in [0, 0.1) is 29.5 Å². The number of rotatable bonds is 3. The Balaban J connectivity index is 1.49. The minimum atomic E-state index is -0.417. The Morgan fingerprint density at radius 2 is 1.82 bits per heavy atom. The second-order valence-corrected chi connectivity index (χ2v) is 8.93. The van der Waals surface area contributed by atoms with Crippen molar-refractivity contribution < 1.29 is 4.39 Å². The molecule has 146 valence electrons. The highest BCUT2D eigenvalue weighted by atomic mass is 35.5. The highest BCUT2D eigenvalue weighted by molar-refractivity contribution is 6.30. The summed E-state index contributed by atoms with van der Waals surface area (Å²) in [4.78, 5) is 0. The maximum Gasteiger partial charge on any atom is 0.143 e. The smallest absolute Gasteiger partial charge is 0.143 e. The summed E-state index contributed by atoms with van der Waals surface area (Å²) in [6.07, 6.45) is 10.8. The quantitative estimate of drug-likeness (QED) is 0.472. The van der Waals surface area contributed by atoms with Gasteiger partial charge in [-0.3, -0.25) is 0 Å². The first kappa shape index (κ1) is 19.5. The minimum Gasteiger partial charge on any atom is -0.205 e. The Hall–Kier alpha value is -1.78. The fourth-order valence-electron chi connectivity index (χ4n) is 5.17. The molecule has 2 heteroatoms. The average molecular weight is 395 g/mol. The second-order valence-electron chi connectivity index (χ2n) is 8.52. The van der Waals surface area contributed by atoms with Gasteiger partial charge in [-0.05, 0) is 91.3 Å². The molecule has 0 radical (unpaired) electrons. The van der Waals surface area contributed by atoms with Crippen molar-refractivity contribution in [3.8, 4) is 11.8 Å². The number of aryl methyl sites for hydroxylation is 1. The van der Waals surface area contributed by atoms with Crippen molar-refractivity contribution in [3.05, 3.63) is 69.5 Å². The first-order valence-corrected chi connectivity index (χ1v) is 11.1. The van der Waals surface area contributed by atoms with Crippen molar-refractivity contribution in [2.75, 3.05) is 0 Å². The minimum absolute atomic E-state index is 0.137. The van der Waals surface area contributed by atoms with Crippen LogP contribution in [0.25, 0.3) is 0 Å². The lowest BCUT2D eigenvalue weighted by molar-refractivity contribution is 0.200. The van der Waals surface area contributed by atoms with Crippen LogP contribution >= 0.6 is 11.6 Å². The molecule has 0 heterocycles. The van der Waals surface area contributed by atoms with Crippen molar-refractivity contribution in [1.29, 1.82) is 0 Å². The van der Waals surface area contributed by atoms with E-state index in [1.807, 2.05) is 0 Å². The van der Waals surface area contributed by atoms with Gasteiger partial charge < -0.3 is 0 Å². The summed E-state index contributed by atoms with van der Waals surface area (Å²) in [5.41, 5.74) is 4.71. The zero-order valence-electron chi connectivity index (χ0n) is 16.6. The Morgan fingerprint density at radius 3 is 2.61 bits per heavy atom. The van der Waals surface area contributed by atoms with Gasteiger partial charge in [0.05, 0.1) is 5.02 Å². The maximum atomic E-state index is 13.6. The second kappa shape index (κ2) is 8.71. The molecule has 2 aromatic rings. The highest BCUT2D eigenvalue weighted by Crippen LogP contribution is 2.47. The molecular formula is C26H28ClF. The van der Waals surface area contributed by atoms with Gasteiger partial charge in [0.25, 0.3) is 0 Å². The van der Waals surface area contributed by atoms with Crippen LogP contribution < -0.4 is 0 Å². The van der Waals surface area contributed by atoms with E-state index >= 15 is 0 Å². The predicted octanol–water partition coefficient (Wildman–Crippen LogP) is 7.52. The van der Waals surface area contributed by atoms with E-state index < -0.39 is 5.82 Å². The molecule has 3 atom stereocenters. The zero-order valence-corrected chi connectivity index (χ0v) is 17.4. The predicted molar refractivity (Wildman–Crippen MR) is 115 cm³/mol. The lowest BCUT2D eigenvalue weighted by atomic mass is 9.64. The summed E-state index contributed by atoms with van der Waals surface area (Å²) >= 11 is 5.74. The Bertz CT molecular complexity index is 904. The Morgan fingerprint density at radius 1 is 1.04 bits per heavy atom. The van der Waals surface area contributed by atoms with Gasteiger partial charge in [-0.15, -0.1) is 0 Å². The summed E-state index contributed by atoms with van der Waals surface area (Å²) in [5, 5.41) is 0.137. The Kier molecular flexibility index (Phi) is 6.07. The normalized spacial score (nSPS) is 23.3. The maximum absolute atomic E-state index is 13.6. The van der Waals surface area contributed by atoms with Crippen LogP contribution in [-0.2, 0) is 6.42 Å². The molecule has 0 aromatic heterocycles. The molecule has 1 fully saturated rings. The first-order chi connectivity index (χ1) is 13.6. The van der Waals surface area contributed by atoms with E-state index in [0.29, 0.717) is 5.56 Å². The molecule has 4 rings (SSSR count). The third kappa shape index (κ3) is 4.28. The van der Waals surface area contributed by atoms with Crippen molar-refractivity contribution in [3.63, 3.8) is 0 Å². The lowest BCUT2D eigenvalue weighted by Crippen LogP contribution is -2.28. The molecule has 2 aliphatic carbocycles. The lowest BCUT2D eigenvalue weighted by Gasteiger charge is -2.40. The number of hydrogen-bond donors (Lipinski definition) is 0. The fourth-order valence-corrected chi connectivity index (χ4v) is 5.28. The van der Waals surface area contributed by atoms with Crippen LogP contribution in [0.3, 0.4) is 0 Å².